The summed E-state index contributed by atoms with van der Waals surface area (Å²) in [7, 11) is 0. The molecular weight excluding hydrogens is 254 g/mol. The van der Waals surface area contributed by atoms with Crippen LogP contribution in [0.15, 0.2) is 40.8 Å². The molecule has 1 aromatic heterocycles. The number of hydrogen-bond donors (Lipinski definition) is 2. The molecule has 0 fully saturated rings. The number of amides is 1. The molecule has 4 heteroatoms. The van der Waals surface area contributed by atoms with Crippen molar-refractivity contribution in [2.24, 2.45) is 5.92 Å². The second-order valence-corrected chi connectivity index (χ2v) is 5.30. The molecule has 2 N–H and O–H groups in total. The van der Waals surface area contributed by atoms with Crippen LogP contribution in [0.2, 0.25) is 0 Å². The van der Waals surface area contributed by atoms with Gasteiger partial charge >= 0.3 is 0 Å². The molecule has 1 amide bonds. The van der Waals surface area contributed by atoms with Crippen molar-refractivity contribution in [1.29, 1.82) is 0 Å². The van der Waals surface area contributed by atoms with Crippen molar-refractivity contribution in [2.45, 2.75) is 19.4 Å². The zero-order valence-corrected chi connectivity index (χ0v) is 11.3. The van der Waals surface area contributed by atoms with E-state index in [4.69, 9.17) is 9.52 Å². The van der Waals surface area contributed by atoms with Gasteiger partial charge in [0.2, 0.25) is 0 Å². The normalized spacial score (nSPS) is 21.5. The number of benzene rings is 1. The van der Waals surface area contributed by atoms with Crippen LogP contribution in [0.5, 0.6) is 0 Å². The summed E-state index contributed by atoms with van der Waals surface area (Å²) in [6.45, 7) is 2.12. The van der Waals surface area contributed by atoms with Gasteiger partial charge in [0.25, 0.3) is 5.91 Å². The molecule has 1 aliphatic carbocycles. The fourth-order valence-corrected chi connectivity index (χ4v) is 2.53. The Labute approximate surface area is 117 Å². The third-order valence-corrected chi connectivity index (χ3v) is 3.62. The molecule has 1 heterocycles. The maximum atomic E-state index is 12.1. The van der Waals surface area contributed by atoms with Crippen LogP contribution in [0.1, 0.15) is 22.5 Å². The smallest absolute Gasteiger partial charge is 0.287 e. The molecule has 4 nitrogen and oxygen atoms in total. The van der Waals surface area contributed by atoms with Gasteiger partial charge in [-0.2, -0.15) is 0 Å². The molecule has 104 valence electrons. The summed E-state index contributed by atoms with van der Waals surface area (Å²) in [5, 5.41) is 12.9. The van der Waals surface area contributed by atoms with Gasteiger partial charge in [0.05, 0.1) is 0 Å². The summed E-state index contributed by atoms with van der Waals surface area (Å²) in [5.74, 6) is 0.247. The highest BCUT2D eigenvalue weighted by Crippen LogP contribution is 2.22. The van der Waals surface area contributed by atoms with Gasteiger partial charge in [0.15, 0.2) is 5.76 Å². The number of aliphatic hydroxyl groups is 1. The highest BCUT2D eigenvalue weighted by atomic mass is 16.3. The number of fused-ring (bicyclic) bond motifs is 1. The second-order valence-electron chi connectivity index (χ2n) is 5.30. The lowest BCUT2D eigenvalue weighted by Crippen LogP contribution is -2.32. The third-order valence-electron chi connectivity index (χ3n) is 3.62. The van der Waals surface area contributed by atoms with Gasteiger partial charge in [-0.3, -0.25) is 4.79 Å². The number of hydrogen-bond acceptors (Lipinski definition) is 3. The van der Waals surface area contributed by atoms with Gasteiger partial charge in [0, 0.05) is 24.0 Å². The summed E-state index contributed by atoms with van der Waals surface area (Å²) in [6.07, 6.45) is 4.60. The third kappa shape index (κ3) is 2.47. The first kappa shape index (κ1) is 12.9. The second kappa shape index (κ2) is 5.13. The van der Waals surface area contributed by atoms with E-state index in [9.17, 15) is 4.79 Å². The lowest BCUT2D eigenvalue weighted by molar-refractivity contribution is 0.0915. The zero-order chi connectivity index (χ0) is 14.1. The average Bonchev–Trinajstić information content (AvgIpc) is 3.04. The molecule has 0 unspecified atom stereocenters. The van der Waals surface area contributed by atoms with Crippen molar-refractivity contribution in [1.82, 2.24) is 5.32 Å². The Balaban J connectivity index is 1.74. The molecule has 0 aliphatic heterocycles. The van der Waals surface area contributed by atoms with Gasteiger partial charge < -0.3 is 14.8 Å². The molecule has 0 saturated carbocycles. The Hall–Kier alpha value is -2.07. The Bertz CT molecular complexity index is 671. The molecule has 2 atom stereocenters. The van der Waals surface area contributed by atoms with Crippen LogP contribution in [-0.2, 0) is 0 Å². The minimum absolute atomic E-state index is 0.0328. The van der Waals surface area contributed by atoms with Gasteiger partial charge in [0.1, 0.15) is 5.58 Å². The molecule has 0 bridgehead atoms. The number of carbonyl (C=O) groups is 1. The van der Waals surface area contributed by atoms with Crippen molar-refractivity contribution in [3.05, 3.63) is 47.7 Å². The number of nitrogens with one attached hydrogen (secondary N) is 1. The number of carbonyl (C=O) groups excluding carboxylic acids is 1. The van der Waals surface area contributed by atoms with E-state index in [1.165, 1.54) is 0 Å². The van der Waals surface area contributed by atoms with Gasteiger partial charge in [-0.15, -0.1) is 0 Å². The van der Waals surface area contributed by atoms with Crippen LogP contribution in [0, 0.1) is 12.8 Å². The van der Waals surface area contributed by atoms with Crippen molar-refractivity contribution >= 4 is 16.9 Å². The Kier molecular flexibility index (Phi) is 3.32. The van der Waals surface area contributed by atoms with Gasteiger partial charge in [-0.05, 0) is 31.5 Å². The van der Waals surface area contributed by atoms with Crippen LogP contribution >= 0.6 is 0 Å². The fourth-order valence-electron chi connectivity index (χ4n) is 2.53. The van der Waals surface area contributed by atoms with E-state index in [0.29, 0.717) is 5.76 Å². The molecule has 1 aliphatic rings. The van der Waals surface area contributed by atoms with E-state index in [0.717, 1.165) is 23.0 Å². The molecule has 0 saturated heterocycles. The largest absolute Gasteiger partial charge is 0.451 e. The summed E-state index contributed by atoms with van der Waals surface area (Å²) in [6, 6.07) is 7.56. The Morgan fingerprint density at radius 3 is 3.00 bits per heavy atom. The summed E-state index contributed by atoms with van der Waals surface area (Å²) < 4.78 is 5.56. The Morgan fingerprint density at radius 2 is 2.25 bits per heavy atom. The first-order valence-corrected chi connectivity index (χ1v) is 6.76. The van der Waals surface area contributed by atoms with E-state index < -0.39 is 0 Å². The van der Waals surface area contributed by atoms with E-state index >= 15 is 0 Å². The van der Waals surface area contributed by atoms with Crippen LogP contribution < -0.4 is 5.32 Å². The van der Waals surface area contributed by atoms with Crippen molar-refractivity contribution < 1.29 is 14.3 Å². The number of aliphatic hydroxyl groups excluding tert-OH is 1. The van der Waals surface area contributed by atoms with E-state index in [1.54, 1.807) is 6.07 Å². The van der Waals surface area contributed by atoms with E-state index in [-0.39, 0.29) is 24.5 Å². The standard InChI is InChI=1S/C16H17NO3/c1-10-2-5-14-12(6-10)8-15(20-14)16(19)17-13-4-3-11(7-13)9-18/h2-6,8,11,13,18H,7,9H2,1H3,(H,17,19)/t11-,13+/m0/s1. The topological polar surface area (TPSA) is 62.5 Å². The monoisotopic (exact) mass is 271 g/mol. The highest BCUT2D eigenvalue weighted by Gasteiger charge is 2.21. The fraction of sp³-hybridized carbons (Fsp3) is 0.312. The van der Waals surface area contributed by atoms with Gasteiger partial charge in [-0.1, -0.05) is 23.8 Å². The molecule has 0 radical (unpaired) electrons. The van der Waals surface area contributed by atoms with Crippen LogP contribution in [0.25, 0.3) is 11.0 Å². The number of furan rings is 1. The highest BCUT2D eigenvalue weighted by molar-refractivity contribution is 5.96. The SMILES string of the molecule is Cc1ccc2oc(C(=O)N[C@@H]3C=C[C@H](CO)C3)cc2c1. The maximum absolute atomic E-state index is 12.1. The van der Waals surface area contributed by atoms with Crippen molar-refractivity contribution in [3.63, 3.8) is 0 Å². The first-order valence-electron chi connectivity index (χ1n) is 6.76. The van der Waals surface area contributed by atoms with E-state index in [2.05, 4.69) is 5.32 Å². The van der Waals surface area contributed by atoms with Crippen LogP contribution in [0.3, 0.4) is 0 Å². The summed E-state index contributed by atoms with van der Waals surface area (Å²) in [5.41, 5.74) is 1.85. The molecular formula is C16H17NO3. The summed E-state index contributed by atoms with van der Waals surface area (Å²) >= 11 is 0. The maximum Gasteiger partial charge on any atom is 0.287 e. The first-order chi connectivity index (χ1) is 9.65. The number of rotatable bonds is 3. The van der Waals surface area contributed by atoms with Crippen LogP contribution in [0.4, 0.5) is 0 Å². The molecule has 3 rings (SSSR count). The predicted octanol–water partition coefficient (Wildman–Crippen LogP) is 2.41. The quantitative estimate of drug-likeness (QED) is 0.843. The van der Waals surface area contributed by atoms with Crippen molar-refractivity contribution in [3.8, 4) is 0 Å². The van der Waals surface area contributed by atoms with Crippen LogP contribution in [-0.4, -0.2) is 23.7 Å². The average molecular weight is 271 g/mol. The lowest BCUT2D eigenvalue weighted by atomic mass is 10.1. The molecule has 2 aromatic rings. The minimum atomic E-state index is -0.216. The molecule has 1 aromatic carbocycles. The lowest BCUT2D eigenvalue weighted by Gasteiger charge is -2.11. The van der Waals surface area contributed by atoms with Crippen molar-refractivity contribution in [2.75, 3.05) is 6.61 Å². The van der Waals surface area contributed by atoms with E-state index in [1.807, 2.05) is 37.3 Å². The Morgan fingerprint density at radius 1 is 1.40 bits per heavy atom. The molecule has 20 heavy (non-hydrogen) atoms. The summed E-state index contributed by atoms with van der Waals surface area (Å²) in [4.78, 5) is 12.1. The number of aryl methyl sites for hydroxylation is 1. The minimum Gasteiger partial charge on any atom is -0.451 e. The zero-order valence-electron chi connectivity index (χ0n) is 11.3. The molecule has 0 spiro atoms. The predicted molar refractivity (Wildman–Crippen MR) is 76.5 cm³/mol. The van der Waals surface area contributed by atoms with Gasteiger partial charge in [-0.25, -0.2) is 0 Å².